The zero-order chi connectivity index (χ0) is 15.3. The van der Waals surface area contributed by atoms with Gasteiger partial charge in [0.25, 0.3) is 0 Å². The summed E-state index contributed by atoms with van der Waals surface area (Å²) < 4.78 is 82.6. The lowest BCUT2D eigenvalue weighted by Crippen LogP contribution is -2.64. The molecule has 0 aliphatic carbocycles. The topological polar surface area (TPSA) is 55.8 Å². The molecule has 0 aliphatic rings. The fourth-order valence-corrected chi connectivity index (χ4v) is 1.05. The van der Waals surface area contributed by atoms with Gasteiger partial charge >= 0.3 is 23.9 Å². The number of hydrogen-bond donors (Lipinski definition) is 1. The number of carboxylic acids is 1. The van der Waals surface area contributed by atoms with Crippen molar-refractivity contribution < 1.29 is 45.7 Å². The predicted molar refractivity (Wildman–Crippen MR) is 49.4 cm³/mol. The van der Waals surface area contributed by atoms with E-state index in [0.29, 0.717) is 0 Å². The molecule has 0 radical (unpaired) electrons. The lowest BCUT2D eigenvalue weighted by atomic mass is 10.0. The highest BCUT2D eigenvalue weighted by molar-refractivity contribution is 5.80. The monoisotopic (exact) mass is 296 g/mol. The largest absolute Gasteiger partial charge is 0.479 e. The third-order valence-electron chi connectivity index (χ3n) is 1.88. The van der Waals surface area contributed by atoms with Crippen LogP contribution in [0.1, 0.15) is 0 Å². The van der Waals surface area contributed by atoms with Crippen LogP contribution in [-0.4, -0.2) is 48.9 Å². The number of carboxylic acid groups (broad SMARTS) is 1. The maximum atomic E-state index is 12.4. The highest BCUT2D eigenvalue weighted by Gasteiger charge is 2.78. The first-order valence-electron chi connectivity index (χ1n) is 4.70. The second kappa shape index (κ2) is 6.24. The Balaban J connectivity index is 5.07. The number of hydrogen-bond acceptors (Lipinski definition) is 3. The Morgan fingerprint density at radius 2 is 1.58 bits per heavy atom. The molecule has 0 fully saturated rings. The summed E-state index contributed by atoms with van der Waals surface area (Å²) in [7, 11) is 0. The van der Waals surface area contributed by atoms with Crippen molar-refractivity contribution in [2.75, 3.05) is 19.8 Å². The number of carbonyl (C=O) groups is 1. The SMILES string of the molecule is C=CCOCCOC(C(=O)O)(C(F)(F)F)C(F)(F)F. The van der Waals surface area contributed by atoms with Crippen LogP contribution in [0, 0.1) is 0 Å². The molecular weight excluding hydrogens is 286 g/mol. The van der Waals surface area contributed by atoms with Gasteiger partial charge in [0.1, 0.15) is 0 Å². The van der Waals surface area contributed by atoms with E-state index >= 15 is 0 Å². The molecule has 0 heterocycles. The Kier molecular flexibility index (Phi) is 5.82. The molecule has 0 rings (SSSR count). The van der Waals surface area contributed by atoms with Crippen LogP contribution in [0.2, 0.25) is 0 Å². The third kappa shape index (κ3) is 3.83. The smallest absolute Gasteiger partial charge is 0.437 e. The summed E-state index contributed by atoms with van der Waals surface area (Å²) in [5.41, 5.74) is -5.27. The van der Waals surface area contributed by atoms with Crippen molar-refractivity contribution in [3.63, 3.8) is 0 Å². The van der Waals surface area contributed by atoms with Crippen LogP contribution in [-0.2, 0) is 14.3 Å². The molecule has 0 saturated carbocycles. The minimum Gasteiger partial charge on any atom is -0.479 e. The zero-order valence-electron chi connectivity index (χ0n) is 9.35. The second-order valence-electron chi connectivity index (χ2n) is 3.19. The van der Waals surface area contributed by atoms with Gasteiger partial charge in [-0.2, -0.15) is 26.3 Å². The predicted octanol–water partition coefficient (Wildman–Crippen LogP) is 2.15. The van der Waals surface area contributed by atoms with Gasteiger partial charge in [-0.1, -0.05) is 6.08 Å². The molecule has 0 aromatic rings. The molecule has 10 heteroatoms. The van der Waals surface area contributed by atoms with Gasteiger partial charge < -0.3 is 14.6 Å². The van der Waals surface area contributed by atoms with E-state index in [1.54, 1.807) is 0 Å². The molecule has 0 amide bonds. The minimum atomic E-state index is -6.16. The van der Waals surface area contributed by atoms with E-state index in [2.05, 4.69) is 16.1 Å². The van der Waals surface area contributed by atoms with E-state index in [-0.39, 0.29) is 6.61 Å². The Morgan fingerprint density at radius 1 is 1.11 bits per heavy atom. The maximum absolute atomic E-state index is 12.4. The van der Waals surface area contributed by atoms with Crippen LogP contribution in [0.4, 0.5) is 26.3 Å². The quantitative estimate of drug-likeness (QED) is 0.444. The highest BCUT2D eigenvalue weighted by Crippen LogP contribution is 2.46. The summed E-state index contributed by atoms with van der Waals surface area (Å²) in [6, 6.07) is 0. The van der Waals surface area contributed by atoms with Crippen LogP contribution >= 0.6 is 0 Å². The molecule has 4 nitrogen and oxygen atoms in total. The summed E-state index contributed by atoms with van der Waals surface area (Å²) in [6.07, 6.45) is -11.1. The van der Waals surface area contributed by atoms with Crippen LogP contribution < -0.4 is 0 Å². The van der Waals surface area contributed by atoms with Crippen molar-refractivity contribution in [1.82, 2.24) is 0 Å². The molecule has 0 aromatic carbocycles. The van der Waals surface area contributed by atoms with Crippen molar-refractivity contribution in [3.8, 4) is 0 Å². The molecule has 1 N–H and O–H groups in total. The van der Waals surface area contributed by atoms with Crippen LogP contribution in [0.5, 0.6) is 0 Å². The summed E-state index contributed by atoms with van der Waals surface area (Å²) in [5.74, 6) is -3.18. The van der Waals surface area contributed by atoms with Gasteiger partial charge in [-0.25, -0.2) is 4.79 Å². The molecule has 0 bridgehead atoms. The summed E-state index contributed by atoms with van der Waals surface area (Å²) in [4.78, 5) is 10.4. The number of ether oxygens (including phenoxy) is 2. The second-order valence-corrected chi connectivity index (χ2v) is 3.19. The first kappa shape index (κ1) is 17.7. The molecule has 0 aliphatic heterocycles. The lowest BCUT2D eigenvalue weighted by Gasteiger charge is -2.32. The van der Waals surface area contributed by atoms with Crippen molar-refractivity contribution >= 4 is 5.97 Å². The van der Waals surface area contributed by atoms with Gasteiger partial charge in [0, 0.05) is 0 Å². The molecule has 112 valence electrons. The van der Waals surface area contributed by atoms with Crippen molar-refractivity contribution in [2.24, 2.45) is 0 Å². The van der Waals surface area contributed by atoms with Crippen molar-refractivity contribution in [3.05, 3.63) is 12.7 Å². The van der Waals surface area contributed by atoms with Crippen LogP contribution in [0.25, 0.3) is 0 Å². The molecular formula is C9H10F6O4. The van der Waals surface area contributed by atoms with E-state index in [0.717, 1.165) is 0 Å². The fraction of sp³-hybridized carbons (Fsp3) is 0.667. The standard InChI is InChI=1S/C9H10F6O4/c1-2-3-18-4-5-19-7(6(16)17,8(10,11)12)9(13,14)15/h2H,1,3-5H2,(H,16,17). The Bertz CT molecular complexity index is 308. The van der Waals surface area contributed by atoms with E-state index in [4.69, 9.17) is 5.11 Å². The summed E-state index contributed by atoms with van der Waals surface area (Å²) in [6.45, 7) is 1.23. The van der Waals surface area contributed by atoms with Crippen molar-refractivity contribution in [1.29, 1.82) is 0 Å². The number of alkyl halides is 6. The first-order valence-corrected chi connectivity index (χ1v) is 4.70. The van der Waals surface area contributed by atoms with Gasteiger partial charge in [-0.15, -0.1) is 6.58 Å². The maximum Gasteiger partial charge on any atom is 0.437 e. The zero-order valence-corrected chi connectivity index (χ0v) is 9.35. The average Bonchev–Trinajstić information content (AvgIpc) is 2.18. The molecule has 0 saturated heterocycles. The van der Waals surface area contributed by atoms with Crippen LogP contribution in [0.15, 0.2) is 12.7 Å². The van der Waals surface area contributed by atoms with Gasteiger partial charge in [-0.3, -0.25) is 0 Å². The molecule has 0 unspecified atom stereocenters. The van der Waals surface area contributed by atoms with Crippen molar-refractivity contribution in [2.45, 2.75) is 18.0 Å². The highest BCUT2D eigenvalue weighted by atomic mass is 19.4. The fourth-order valence-electron chi connectivity index (χ4n) is 1.05. The third-order valence-corrected chi connectivity index (χ3v) is 1.88. The average molecular weight is 296 g/mol. The molecule has 19 heavy (non-hydrogen) atoms. The van der Waals surface area contributed by atoms with E-state index < -0.39 is 37.1 Å². The van der Waals surface area contributed by atoms with Gasteiger partial charge in [0.15, 0.2) is 0 Å². The Morgan fingerprint density at radius 3 is 1.89 bits per heavy atom. The number of aliphatic carboxylic acids is 1. The van der Waals surface area contributed by atoms with E-state index in [9.17, 15) is 31.1 Å². The number of halogens is 6. The van der Waals surface area contributed by atoms with E-state index in [1.165, 1.54) is 6.08 Å². The molecule has 0 atom stereocenters. The molecule has 0 aromatic heterocycles. The summed E-state index contributed by atoms with van der Waals surface area (Å²) >= 11 is 0. The van der Waals surface area contributed by atoms with Crippen LogP contribution in [0.3, 0.4) is 0 Å². The van der Waals surface area contributed by atoms with Gasteiger partial charge in [-0.05, 0) is 0 Å². The first-order chi connectivity index (χ1) is 8.50. The van der Waals surface area contributed by atoms with E-state index in [1.807, 2.05) is 0 Å². The lowest BCUT2D eigenvalue weighted by molar-refractivity contribution is -0.368. The Hall–Kier alpha value is -1.29. The summed E-state index contributed by atoms with van der Waals surface area (Å²) in [5, 5.41) is 8.28. The Labute approximate surface area is 103 Å². The van der Waals surface area contributed by atoms with Gasteiger partial charge in [0.05, 0.1) is 19.8 Å². The normalized spacial score (nSPS) is 13.4. The number of rotatable bonds is 7. The molecule has 0 spiro atoms. The van der Waals surface area contributed by atoms with Gasteiger partial charge in [0.2, 0.25) is 0 Å². The minimum absolute atomic E-state index is 0.124.